The predicted octanol–water partition coefficient (Wildman–Crippen LogP) is 3.43. The number of amides is 4. The van der Waals surface area contributed by atoms with E-state index in [0.717, 1.165) is 16.7 Å². The van der Waals surface area contributed by atoms with Crippen LogP contribution < -0.4 is 27.0 Å². The van der Waals surface area contributed by atoms with Crippen LogP contribution in [0.3, 0.4) is 0 Å². The number of carbonyl (C=O) groups excluding carboxylic acids is 4. The second kappa shape index (κ2) is 19.4. The normalized spacial score (nSPS) is 15.0. The van der Waals surface area contributed by atoms with E-state index in [0.29, 0.717) is 12.8 Å². The van der Waals surface area contributed by atoms with Gasteiger partial charge in [-0.25, -0.2) is 4.79 Å². The number of ether oxygens (including phenoxy) is 1. The summed E-state index contributed by atoms with van der Waals surface area (Å²) < 4.78 is 5.46. The Hall–Kier alpha value is -4.74. The Morgan fingerprint density at radius 2 is 1.20 bits per heavy atom. The number of primary amides is 1. The zero-order valence-electron chi connectivity index (χ0n) is 29.7. The number of aliphatic hydroxyl groups excluding tert-OH is 1. The molecule has 7 N–H and O–H groups in total. The summed E-state index contributed by atoms with van der Waals surface area (Å²) in [4.78, 5) is 52.7. The van der Waals surface area contributed by atoms with Crippen molar-refractivity contribution in [2.75, 3.05) is 6.54 Å². The minimum absolute atomic E-state index is 0.0563. The highest BCUT2D eigenvalue weighted by atomic mass is 16.6. The Morgan fingerprint density at radius 1 is 0.720 bits per heavy atom. The van der Waals surface area contributed by atoms with Crippen molar-refractivity contribution < 1.29 is 29.0 Å². The molecule has 0 fully saturated rings. The molecule has 0 aliphatic heterocycles. The van der Waals surface area contributed by atoms with Gasteiger partial charge >= 0.3 is 6.09 Å². The Balaban J connectivity index is 1.80. The highest BCUT2D eigenvalue weighted by molar-refractivity contribution is 5.93. The molecule has 6 atom stereocenters. The summed E-state index contributed by atoms with van der Waals surface area (Å²) in [5, 5.41) is 23.1. The molecule has 3 aromatic carbocycles. The van der Waals surface area contributed by atoms with Crippen LogP contribution in [-0.4, -0.2) is 71.3 Å². The van der Waals surface area contributed by atoms with Crippen molar-refractivity contribution in [3.63, 3.8) is 0 Å². The number of aliphatic hydroxyl groups is 1. The summed E-state index contributed by atoms with van der Waals surface area (Å²) in [6, 6.07) is 24.5. The van der Waals surface area contributed by atoms with Gasteiger partial charge in [-0.1, -0.05) is 111 Å². The van der Waals surface area contributed by atoms with E-state index in [1.54, 1.807) is 20.8 Å². The molecular formula is C39H53N5O6. The van der Waals surface area contributed by atoms with Crippen molar-refractivity contribution in [1.29, 1.82) is 0 Å². The molecule has 270 valence electrons. The maximum atomic E-state index is 14.0. The fourth-order valence-corrected chi connectivity index (χ4v) is 5.41. The average molecular weight is 688 g/mol. The number of nitrogens with one attached hydrogen (secondary N) is 4. The molecule has 0 radical (unpaired) electrons. The highest BCUT2D eigenvalue weighted by Gasteiger charge is 2.32. The van der Waals surface area contributed by atoms with E-state index in [1.165, 1.54) is 0 Å². The average Bonchev–Trinajstić information content (AvgIpc) is 3.08. The van der Waals surface area contributed by atoms with Gasteiger partial charge in [0.15, 0.2) is 0 Å². The summed E-state index contributed by atoms with van der Waals surface area (Å²) in [6.45, 7) is 8.98. The standard InChI is InChI=1S/C39H53N5O6/c1-6-26(2)34(37(48)42-31(35(40)46)23-28-18-12-8-13-19-28)44-36(47)32(24-29-20-14-9-15-21-29)41-25-33(45)30(22-27-16-10-7-11-17-27)43-38(49)50-39(3,4)5/h7-21,26,30-34,41,45H,6,22-25H2,1-5H3,(H2,40,46)(H,42,48)(H,43,49)(H,44,47)/t26-,30-,31-,32-,33-,34-/m0/s1. The first kappa shape index (κ1) is 39.7. The maximum absolute atomic E-state index is 14.0. The number of alkyl carbamates (subject to hydrolysis) is 1. The van der Waals surface area contributed by atoms with Crippen LogP contribution in [-0.2, 0) is 38.4 Å². The maximum Gasteiger partial charge on any atom is 0.407 e. The van der Waals surface area contributed by atoms with Crippen LogP contribution in [0.15, 0.2) is 91.0 Å². The molecule has 4 amide bonds. The van der Waals surface area contributed by atoms with Gasteiger partial charge in [-0.3, -0.25) is 14.4 Å². The molecule has 3 rings (SSSR count). The zero-order valence-corrected chi connectivity index (χ0v) is 29.7. The minimum Gasteiger partial charge on any atom is -0.444 e. The van der Waals surface area contributed by atoms with Crippen molar-refractivity contribution >= 4 is 23.8 Å². The fourth-order valence-electron chi connectivity index (χ4n) is 5.41. The van der Waals surface area contributed by atoms with Gasteiger partial charge in [0, 0.05) is 13.0 Å². The largest absolute Gasteiger partial charge is 0.444 e. The Kier molecular flexibility index (Phi) is 15.4. The van der Waals surface area contributed by atoms with Crippen LogP contribution in [0.4, 0.5) is 4.79 Å². The summed E-state index contributed by atoms with van der Waals surface area (Å²) in [6.07, 6.45) is -0.420. The van der Waals surface area contributed by atoms with Crippen LogP contribution in [0.2, 0.25) is 0 Å². The Labute approximate surface area is 295 Å². The molecule has 0 heterocycles. The summed E-state index contributed by atoms with van der Waals surface area (Å²) >= 11 is 0. The second-order valence-electron chi connectivity index (χ2n) is 13.7. The molecule has 11 heteroatoms. The SMILES string of the molecule is CC[C@H](C)[C@H](NC(=O)[C@H](Cc1ccccc1)NC[C@H](O)[C@H](Cc1ccccc1)NC(=O)OC(C)(C)C)C(=O)N[C@@H](Cc1ccccc1)C(N)=O. The molecule has 0 aliphatic rings. The third-order valence-corrected chi connectivity index (χ3v) is 8.37. The molecule has 50 heavy (non-hydrogen) atoms. The van der Waals surface area contributed by atoms with E-state index >= 15 is 0 Å². The van der Waals surface area contributed by atoms with Gasteiger partial charge in [-0.05, 0) is 56.2 Å². The lowest BCUT2D eigenvalue weighted by Gasteiger charge is -2.30. The molecule has 0 aliphatic carbocycles. The lowest BCUT2D eigenvalue weighted by molar-refractivity contribution is -0.133. The lowest BCUT2D eigenvalue weighted by atomic mass is 9.96. The van der Waals surface area contributed by atoms with Crippen molar-refractivity contribution in [3.8, 4) is 0 Å². The third kappa shape index (κ3) is 13.6. The van der Waals surface area contributed by atoms with Gasteiger partial charge < -0.3 is 36.8 Å². The van der Waals surface area contributed by atoms with Crippen LogP contribution in [0.5, 0.6) is 0 Å². The first-order valence-corrected chi connectivity index (χ1v) is 17.2. The monoisotopic (exact) mass is 687 g/mol. The fraction of sp³-hybridized carbons (Fsp3) is 0.436. The van der Waals surface area contributed by atoms with Crippen molar-refractivity contribution in [1.82, 2.24) is 21.3 Å². The highest BCUT2D eigenvalue weighted by Crippen LogP contribution is 2.14. The van der Waals surface area contributed by atoms with E-state index in [-0.39, 0.29) is 25.3 Å². The molecular weight excluding hydrogens is 634 g/mol. The van der Waals surface area contributed by atoms with Gasteiger partial charge in [0.05, 0.1) is 18.2 Å². The predicted molar refractivity (Wildman–Crippen MR) is 194 cm³/mol. The van der Waals surface area contributed by atoms with E-state index in [1.807, 2.05) is 105 Å². The van der Waals surface area contributed by atoms with E-state index in [9.17, 15) is 24.3 Å². The van der Waals surface area contributed by atoms with Gasteiger partial charge in [0.25, 0.3) is 0 Å². The van der Waals surface area contributed by atoms with Crippen molar-refractivity contribution in [3.05, 3.63) is 108 Å². The van der Waals surface area contributed by atoms with Gasteiger partial charge in [0.1, 0.15) is 17.7 Å². The van der Waals surface area contributed by atoms with E-state index in [2.05, 4.69) is 21.3 Å². The number of nitrogens with two attached hydrogens (primary N) is 1. The van der Waals surface area contributed by atoms with Gasteiger partial charge in [-0.15, -0.1) is 0 Å². The second-order valence-corrected chi connectivity index (χ2v) is 13.7. The minimum atomic E-state index is -1.11. The zero-order chi connectivity index (χ0) is 36.7. The first-order chi connectivity index (χ1) is 23.8. The molecule has 11 nitrogen and oxygen atoms in total. The van der Waals surface area contributed by atoms with Crippen LogP contribution in [0.25, 0.3) is 0 Å². The van der Waals surface area contributed by atoms with Crippen LogP contribution >= 0.6 is 0 Å². The summed E-state index contributed by atoms with van der Waals surface area (Å²) in [5.74, 6) is -1.94. The van der Waals surface area contributed by atoms with Crippen molar-refractivity contribution in [2.24, 2.45) is 11.7 Å². The summed E-state index contributed by atoms with van der Waals surface area (Å²) in [5.41, 5.74) is 7.53. The Bertz CT molecular complexity index is 1500. The molecule has 0 aromatic heterocycles. The molecule has 0 bridgehead atoms. The first-order valence-electron chi connectivity index (χ1n) is 17.2. The molecule has 0 spiro atoms. The number of carbonyl (C=O) groups is 4. The third-order valence-electron chi connectivity index (χ3n) is 8.37. The summed E-state index contributed by atoms with van der Waals surface area (Å²) in [7, 11) is 0. The van der Waals surface area contributed by atoms with Crippen LogP contribution in [0.1, 0.15) is 57.7 Å². The quantitative estimate of drug-likeness (QED) is 0.119. The van der Waals surface area contributed by atoms with E-state index < -0.39 is 59.7 Å². The van der Waals surface area contributed by atoms with Gasteiger partial charge in [-0.2, -0.15) is 0 Å². The Morgan fingerprint density at radius 3 is 1.66 bits per heavy atom. The molecule has 0 saturated carbocycles. The van der Waals surface area contributed by atoms with Crippen LogP contribution in [0, 0.1) is 5.92 Å². The van der Waals surface area contributed by atoms with E-state index in [4.69, 9.17) is 10.5 Å². The number of rotatable bonds is 18. The van der Waals surface area contributed by atoms with Gasteiger partial charge in [0.2, 0.25) is 17.7 Å². The molecule has 0 unspecified atom stereocenters. The topological polar surface area (TPSA) is 172 Å². The number of benzene rings is 3. The number of hydrogen-bond donors (Lipinski definition) is 6. The number of hydrogen-bond acceptors (Lipinski definition) is 7. The lowest BCUT2D eigenvalue weighted by Crippen LogP contribution is -2.59. The molecule has 3 aromatic rings. The molecule has 0 saturated heterocycles. The van der Waals surface area contributed by atoms with Crippen molar-refractivity contribution in [2.45, 2.75) is 96.2 Å². The smallest absolute Gasteiger partial charge is 0.407 e.